The van der Waals surface area contributed by atoms with Crippen LogP contribution in [0.25, 0.3) is 11.3 Å². The van der Waals surface area contributed by atoms with Gasteiger partial charge in [-0.25, -0.2) is 14.5 Å². The largest absolute Gasteiger partial charge is 0.456 e. The molecule has 0 saturated heterocycles. The Kier molecular flexibility index (Phi) is 4.49. The summed E-state index contributed by atoms with van der Waals surface area (Å²) in [5, 5.41) is 4.24. The third-order valence-electron chi connectivity index (χ3n) is 4.47. The first kappa shape index (κ1) is 17.7. The Bertz CT molecular complexity index is 1220. The van der Waals surface area contributed by atoms with E-state index in [2.05, 4.69) is 10.1 Å². The number of nitrogens with zero attached hydrogens (tertiary/aromatic N) is 4. The van der Waals surface area contributed by atoms with Gasteiger partial charge in [0, 0.05) is 24.2 Å². The van der Waals surface area contributed by atoms with E-state index in [-0.39, 0.29) is 12.2 Å². The molecular formula is C21H18N4O3. The van der Waals surface area contributed by atoms with Crippen molar-refractivity contribution in [3.05, 3.63) is 93.8 Å². The second-order valence-corrected chi connectivity index (χ2v) is 6.48. The Labute approximate surface area is 160 Å². The average Bonchev–Trinajstić information content (AvgIpc) is 3.13. The van der Waals surface area contributed by atoms with Crippen molar-refractivity contribution < 1.29 is 9.53 Å². The van der Waals surface area contributed by atoms with Gasteiger partial charge in [-0.3, -0.25) is 9.20 Å². The van der Waals surface area contributed by atoms with E-state index in [1.807, 2.05) is 26.0 Å². The predicted octanol–water partition coefficient (Wildman–Crippen LogP) is 2.85. The fraction of sp³-hybridized carbons (Fsp3) is 0.143. The van der Waals surface area contributed by atoms with Crippen LogP contribution in [0.2, 0.25) is 0 Å². The molecule has 4 aromatic rings. The Hall–Kier alpha value is -3.74. The summed E-state index contributed by atoms with van der Waals surface area (Å²) in [6.07, 6.45) is 3.38. The van der Waals surface area contributed by atoms with Crippen LogP contribution in [0, 0.1) is 13.8 Å². The minimum atomic E-state index is -0.476. The maximum Gasteiger partial charge on any atom is 0.338 e. The number of hydrogen-bond donors (Lipinski definition) is 0. The molecule has 0 unspecified atom stereocenters. The number of aromatic nitrogens is 4. The molecule has 1 aromatic carbocycles. The molecule has 0 fully saturated rings. The second kappa shape index (κ2) is 7.11. The Morgan fingerprint density at radius 2 is 1.89 bits per heavy atom. The number of carbonyl (C=O) groups excluding carboxylic acids is 1. The Balaban J connectivity index is 1.50. The zero-order chi connectivity index (χ0) is 19.7. The zero-order valence-corrected chi connectivity index (χ0v) is 15.5. The molecule has 0 bridgehead atoms. The van der Waals surface area contributed by atoms with Gasteiger partial charge in [-0.2, -0.15) is 5.10 Å². The molecule has 3 heterocycles. The van der Waals surface area contributed by atoms with Gasteiger partial charge < -0.3 is 4.74 Å². The van der Waals surface area contributed by atoms with Gasteiger partial charge in [0.25, 0.3) is 5.56 Å². The lowest BCUT2D eigenvalue weighted by molar-refractivity contribution is 0.0467. The summed E-state index contributed by atoms with van der Waals surface area (Å²) in [4.78, 5) is 29.0. The summed E-state index contributed by atoms with van der Waals surface area (Å²) in [6, 6.07) is 13.9. The number of fused-ring (bicyclic) bond motifs is 1. The third kappa shape index (κ3) is 3.29. The Morgan fingerprint density at radius 1 is 1.11 bits per heavy atom. The summed E-state index contributed by atoms with van der Waals surface area (Å²) in [5.74, 6) is -0.476. The molecule has 0 saturated carbocycles. The SMILES string of the molecule is Cc1cccn2c(=O)cc(COC(=O)c3ccc(-n4nccc4C)cc3)nc12. The normalized spacial score (nSPS) is 10.9. The molecule has 140 valence electrons. The van der Waals surface area contributed by atoms with Crippen molar-refractivity contribution in [3.63, 3.8) is 0 Å². The van der Waals surface area contributed by atoms with Crippen LogP contribution >= 0.6 is 0 Å². The number of hydrogen-bond acceptors (Lipinski definition) is 5. The monoisotopic (exact) mass is 374 g/mol. The number of pyridine rings is 1. The second-order valence-electron chi connectivity index (χ2n) is 6.48. The molecule has 0 aliphatic carbocycles. The number of aryl methyl sites for hydroxylation is 2. The minimum Gasteiger partial charge on any atom is -0.456 e. The van der Waals surface area contributed by atoms with E-state index in [0.717, 1.165) is 16.9 Å². The fourth-order valence-corrected chi connectivity index (χ4v) is 2.98. The van der Waals surface area contributed by atoms with Crippen molar-refractivity contribution in [2.75, 3.05) is 0 Å². The van der Waals surface area contributed by atoms with Gasteiger partial charge in [-0.1, -0.05) is 6.07 Å². The lowest BCUT2D eigenvalue weighted by Gasteiger charge is -2.08. The first-order valence-corrected chi connectivity index (χ1v) is 8.79. The average molecular weight is 374 g/mol. The van der Waals surface area contributed by atoms with Crippen molar-refractivity contribution in [3.8, 4) is 5.69 Å². The molecule has 0 N–H and O–H groups in total. The molecule has 7 heteroatoms. The molecule has 0 aliphatic rings. The molecule has 28 heavy (non-hydrogen) atoms. The number of ether oxygens (including phenoxy) is 1. The van der Waals surface area contributed by atoms with E-state index in [9.17, 15) is 9.59 Å². The van der Waals surface area contributed by atoms with Crippen LogP contribution in [0.5, 0.6) is 0 Å². The topological polar surface area (TPSA) is 78.5 Å². The van der Waals surface area contributed by atoms with Crippen LogP contribution < -0.4 is 5.56 Å². The summed E-state index contributed by atoms with van der Waals surface area (Å²) < 4.78 is 8.59. The molecule has 0 radical (unpaired) electrons. The maximum atomic E-state index is 12.3. The zero-order valence-electron chi connectivity index (χ0n) is 15.5. The van der Waals surface area contributed by atoms with Crippen molar-refractivity contribution in [2.45, 2.75) is 20.5 Å². The van der Waals surface area contributed by atoms with Gasteiger partial charge in [0.15, 0.2) is 0 Å². The lowest BCUT2D eigenvalue weighted by atomic mass is 10.2. The van der Waals surface area contributed by atoms with Crippen molar-refractivity contribution in [2.24, 2.45) is 0 Å². The highest BCUT2D eigenvalue weighted by Gasteiger charge is 2.11. The number of rotatable bonds is 4. The summed E-state index contributed by atoms with van der Waals surface area (Å²) in [6.45, 7) is 3.76. The quantitative estimate of drug-likeness (QED) is 0.513. The van der Waals surface area contributed by atoms with Crippen LogP contribution in [0.3, 0.4) is 0 Å². The first-order chi connectivity index (χ1) is 13.5. The van der Waals surface area contributed by atoms with E-state index in [0.29, 0.717) is 16.9 Å². The van der Waals surface area contributed by atoms with Gasteiger partial charge in [-0.05, 0) is 55.8 Å². The lowest BCUT2D eigenvalue weighted by Crippen LogP contribution is -2.17. The number of benzene rings is 1. The Morgan fingerprint density at radius 3 is 2.61 bits per heavy atom. The third-order valence-corrected chi connectivity index (χ3v) is 4.47. The highest BCUT2D eigenvalue weighted by atomic mass is 16.5. The van der Waals surface area contributed by atoms with E-state index < -0.39 is 5.97 Å². The predicted molar refractivity (Wildman–Crippen MR) is 104 cm³/mol. The molecule has 4 rings (SSSR count). The molecule has 0 aliphatic heterocycles. The minimum absolute atomic E-state index is 0.0705. The number of carbonyl (C=O) groups is 1. The molecule has 0 amide bonds. The van der Waals surface area contributed by atoms with Gasteiger partial charge in [-0.15, -0.1) is 0 Å². The van der Waals surface area contributed by atoms with Crippen LogP contribution in [0.1, 0.15) is 27.3 Å². The van der Waals surface area contributed by atoms with E-state index in [1.54, 1.807) is 47.4 Å². The van der Waals surface area contributed by atoms with Gasteiger partial charge in [0.05, 0.1) is 16.9 Å². The molecule has 7 nitrogen and oxygen atoms in total. The van der Waals surface area contributed by atoms with Crippen molar-refractivity contribution >= 4 is 11.6 Å². The van der Waals surface area contributed by atoms with Crippen molar-refractivity contribution in [1.29, 1.82) is 0 Å². The smallest absolute Gasteiger partial charge is 0.338 e. The summed E-state index contributed by atoms with van der Waals surface area (Å²) >= 11 is 0. The highest BCUT2D eigenvalue weighted by molar-refractivity contribution is 5.89. The van der Waals surface area contributed by atoms with Crippen LogP contribution in [0.4, 0.5) is 0 Å². The highest BCUT2D eigenvalue weighted by Crippen LogP contribution is 2.13. The molecular weight excluding hydrogens is 356 g/mol. The van der Waals surface area contributed by atoms with E-state index >= 15 is 0 Å². The standard InChI is InChI=1S/C21H18N4O3/c1-14-4-3-11-24-19(26)12-17(23-20(14)24)13-28-21(27)16-5-7-18(8-6-16)25-15(2)9-10-22-25/h3-12H,13H2,1-2H3. The van der Waals surface area contributed by atoms with E-state index in [1.165, 1.54) is 10.5 Å². The molecule has 3 aromatic heterocycles. The van der Waals surface area contributed by atoms with Crippen LogP contribution in [-0.4, -0.2) is 25.1 Å². The molecule has 0 atom stereocenters. The van der Waals surface area contributed by atoms with Gasteiger partial charge >= 0.3 is 5.97 Å². The van der Waals surface area contributed by atoms with E-state index in [4.69, 9.17) is 4.74 Å². The van der Waals surface area contributed by atoms with Gasteiger partial charge in [0.2, 0.25) is 0 Å². The first-order valence-electron chi connectivity index (χ1n) is 8.79. The summed E-state index contributed by atoms with van der Waals surface area (Å²) in [5.41, 5.74) is 3.91. The van der Waals surface area contributed by atoms with Crippen molar-refractivity contribution in [1.82, 2.24) is 19.2 Å². The number of esters is 1. The fourth-order valence-electron chi connectivity index (χ4n) is 2.98. The van der Waals surface area contributed by atoms with Crippen LogP contribution in [0.15, 0.2) is 65.7 Å². The maximum absolute atomic E-state index is 12.3. The molecule has 0 spiro atoms. The summed E-state index contributed by atoms with van der Waals surface area (Å²) in [7, 11) is 0. The van der Waals surface area contributed by atoms with Crippen LogP contribution in [-0.2, 0) is 11.3 Å². The van der Waals surface area contributed by atoms with Gasteiger partial charge in [0.1, 0.15) is 12.3 Å².